The Morgan fingerprint density at radius 1 is 1.22 bits per heavy atom. The van der Waals surface area contributed by atoms with E-state index in [9.17, 15) is 17.6 Å². The molecular weight excluding hydrogens is 336 g/mol. The maximum absolute atomic E-state index is 14.4. The summed E-state index contributed by atoms with van der Waals surface area (Å²) in [6, 6.07) is 2.97. The van der Waals surface area contributed by atoms with Gasteiger partial charge in [-0.2, -0.15) is 13.2 Å². The summed E-state index contributed by atoms with van der Waals surface area (Å²) in [6.07, 6.45) is -3.86. The quantitative estimate of drug-likeness (QED) is 0.796. The predicted molar refractivity (Wildman–Crippen MR) is 82.2 cm³/mol. The molecule has 0 saturated carbocycles. The monoisotopic (exact) mass is 356 g/mol. The van der Waals surface area contributed by atoms with Crippen molar-refractivity contribution in [2.75, 3.05) is 32.8 Å². The van der Waals surface area contributed by atoms with Crippen LogP contribution >= 0.6 is 12.4 Å². The van der Waals surface area contributed by atoms with Crippen molar-refractivity contribution < 1.29 is 22.7 Å². The van der Waals surface area contributed by atoms with Crippen LogP contribution in [0.1, 0.15) is 30.0 Å². The van der Waals surface area contributed by atoms with Gasteiger partial charge in [-0.05, 0) is 18.9 Å². The second-order valence-electron chi connectivity index (χ2n) is 5.37. The van der Waals surface area contributed by atoms with Crippen molar-refractivity contribution in [3.05, 3.63) is 35.1 Å². The topological polar surface area (TPSA) is 35.5 Å². The molecule has 1 aliphatic rings. The largest absolute Gasteiger partial charge is 0.419 e. The van der Waals surface area contributed by atoms with E-state index in [1.54, 1.807) is 0 Å². The van der Waals surface area contributed by atoms with Crippen LogP contribution in [0.3, 0.4) is 0 Å². The van der Waals surface area contributed by atoms with Crippen molar-refractivity contribution in [2.24, 2.45) is 0 Å². The molecule has 1 saturated heterocycles. The van der Waals surface area contributed by atoms with E-state index in [0.29, 0.717) is 25.9 Å². The van der Waals surface area contributed by atoms with Crippen molar-refractivity contribution >= 4 is 12.4 Å². The molecule has 0 radical (unpaired) electrons. The smallest absolute Gasteiger partial charge is 0.396 e. The standard InChI is InChI=1S/C15H20F4N2O.ClH/c16-14-11(3-1-4-12(14)15(17,18)19)13(5-2-10-22)21-8-6-20-7-9-21;/h1,3-4,13,20,22H,2,5-10H2;1H/t13-;/m1./s1. The summed E-state index contributed by atoms with van der Waals surface area (Å²) >= 11 is 0. The van der Waals surface area contributed by atoms with Gasteiger partial charge in [-0.3, -0.25) is 4.90 Å². The average Bonchev–Trinajstić information content (AvgIpc) is 2.49. The molecule has 0 amide bonds. The van der Waals surface area contributed by atoms with Gasteiger partial charge in [0.2, 0.25) is 0 Å². The molecule has 1 fully saturated rings. The molecule has 1 heterocycles. The Kier molecular flexibility index (Phi) is 7.73. The SMILES string of the molecule is Cl.OCCC[C@H](c1cccc(C(F)(F)F)c1F)N1CCNCC1. The van der Waals surface area contributed by atoms with Crippen molar-refractivity contribution in [1.82, 2.24) is 10.2 Å². The number of piperazine rings is 1. The van der Waals surface area contributed by atoms with Crippen LogP contribution in [-0.2, 0) is 6.18 Å². The summed E-state index contributed by atoms with van der Waals surface area (Å²) in [5, 5.41) is 12.2. The van der Waals surface area contributed by atoms with Crippen molar-refractivity contribution in [2.45, 2.75) is 25.1 Å². The first-order valence-corrected chi connectivity index (χ1v) is 7.36. The number of rotatable bonds is 5. The van der Waals surface area contributed by atoms with Crippen LogP contribution in [0.2, 0.25) is 0 Å². The minimum atomic E-state index is -4.70. The molecule has 23 heavy (non-hydrogen) atoms. The Labute approximate surface area is 139 Å². The lowest BCUT2D eigenvalue weighted by molar-refractivity contribution is -0.140. The van der Waals surface area contributed by atoms with Gasteiger partial charge in [-0.15, -0.1) is 12.4 Å². The molecule has 1 aromatic carbocycles. The first-order chi connectivity index (χ1) is 10.4. The minimum absolute atomic E-state index is 0. The normalized spacial score (nSPS) is 17.6. The van der Waals surface area contributed by atoms with Gasteiger partial charge >= 0.3 is 6.18 Å². The molecule has 3 nitrogen and oxygen atoms in total. The zero-order chi connectivity index (χ0) is 16.2. The van der Waals surface area contributed by atoms with E-state index in [4.69, 9.17) is 5.11 Å². The first-order valence-electron chi connectivity index (χ1n) is 7.36. The molecule has 0 unspecified atom stereocenters. The third-order valence-corrected chi connectivity index (χ3v) is 3.92. The van der Waals surface area contributed by atoms with Crippen LogP contribution in [0.5, 0.6) is 0 Å². The van der Waals surface area contributed by atoms with E-state index in [-0.39, 0.29) is 24.6 Å². The van der Waals surface area contributed by atoms with Crippen LogP contribution in [0.4, 0.5) is 17.6 Å². The van der Waals surface area contributed by atoms with Crippen LogP contribution < -0.4 is 5.32 Å². The molecule has 0 aromatic heterocycles. The Morgan fingerprint density at radius 2 is 1.87 bits per heavy atom. The Morgan fingerprint density at radius 3 is 2.43 bits per heavy atom. The number of alkyl halides is 3. The van der Waals surface area contributed by atoms with E-state index in [2.05, 4.69) is 5.32 Å². The van der Waals surface area contributed by atoms with Crippen LogP contribution in [0.15, 0.2) is 18.2 Å². The zero-order valence-electron chi connectivity index (χ0n) is 12.6. The van der Waals surface area contributed by atoms with Gasteiger partial charge in [-0.1, -0.05) is 12.1 Å². The zero-order valence-corrected chi connectivity index (χ0v) is 13.4. The fourth-order valence-electron chi connectivity index (χ4n) is 2.84. The highest BCUT2D eigenvalue weighted by Gasteiger charge is 2.36. The highest BCUT2D eigenvalue weighted by atomic mass is 35.5. The van der Waals surface area contributed by atoms with Gasteiger partial charge < -0.3 is 10.4 Å². The summed E-state index contributed by atoms with van der Waals surface area (Å²) in [7, 11) is 0. The van der Waals surface area contributed by atoms with Crippen LogP contribution in [0.25, 0.3) is 0 Å². The lowest BCUT2D eigenvalue weighted by Crippen LogP contribution is -2.45. The molecule has 8 heteroatoms. The molecular formula is C15H21ClF4N2O. The third kappa shape index (κ3) is 5.04. The molecule has 132 valence electrons. The van der Waals surface area contributed by atoms with E-state index < -0.39 is 23.6 Å². The maximum atomic E-state index is 14.4. The fraction of sp³-hybridized carbons (Fsp3) is 0.600. The average molecular weight is 357 g/mol. The summed E-state index contributed by atoms with van der Waals surface area (Å²) < 4.78 is 53.0. The predicted octanol–water partition coefficient (Wildman–Crippen LogP) is 2.99. The van der Waals surface area contributed by atoms with Gasteiger partial charge in [0.05, 0.1) is 5.56 Å². The van der Waals surface area contributed by atoms with E-state index in [0.717, 1.165) is 19.2 Å². The number of aliphatic hydroxyl groups excluding tert-OH is 1. The highest BCUT2D eigenvalue weighted by molar-refractivity contribution is 5.85. The van der Waals surface area contributed by atoms with Gasteiger partial charge in [0.15, 0.2) is 0 Å². The fourth-order valence-corrected chi connectivity index (χ4v) is 2.84. The molecule has 1 atom stereocenters. The Hall–Kier alpha value is -0.890. The number of halogens is 5. The number of aliphatic hydroxyl groups is 1. The minimum Gasteiger partial charge on any atom is -0.396 e. The van der Waals surface area contributed by atoms with Gasteiger partial charge in [0, 0.05) is 44.4 Å². The summed E-state index contributed by atoms with van der Waals surface area (Å²) in [6.45, 7) is 2.66. The molecule has 1 aromatic rings. The third-order valence-electron chi connectivity index (χ3n) is 3.92. The summed E-state index contributed by atoms with van der Waals surface area (Å²) in [4.78, 5) is 1.98. The molecule has 0 aliphatic carbocycles. The molecule has 0 bridgehead atoms. The van der Waals surface area contributed by atoms with Crippen molar-refractivity contribution in [3.8, 4) is 0 Å². The summed E-state index contributed by atoms with van der Waals surface area (Å²) in [5.41, 5.74) is -1.17. The van der Waals surface area contributed by atoms with Crippen molar-refractivity contribution in [1.29, 1.82) is 0 Å². The van der Waals surface area contributed by atoms with Gasteiger partial charge in [0.25, 0.3) is 0 Å². The first kappa shape index (κ1) is 20.2. The van der Waals surface area contributed by atoms with E-state index >= 15 is 0 Å². The number of nitrogens with zero attached hydrogens (tertiary/aromatic N) is 1. The maximum Gasteiger partial charge on any atom is 0.419 e. The molecule has 0 spiro atoms. The number of hydrogen-bond donors (Lipinski definition) is 2. The highest BCUT2D eigenvalue weighted by Crippen LogP contribution is 2.36. The van der Waals surface area contributed by atoms with Crippen LogP contribution in [0, 0.1) is 5.82 Å². The number of benzene rings is 1. The molecule has 1 aliphatic heterocycles. The number of nitrogens with one attached hydrogen (secondary N) is 1. The van der Waals surface area contributed by atoms with Crippen LogP contribution in [-0.4, -0.2) is 42.8 Å². The molecule has 2 N–H and O–H groups in total. The van der Waals surface area contributed by atoms with E-state index in [1.807, 2.05) is 4.90 Å². The van der Waals surface area contributed by atoms with E-state index in [1.165, 1.54) is 12.1 Å². The van der Waals surface area contributed by atoms with Gasteiger partial charge in [-0.25, -0.2) is 4.39 Å². The Balaban J connectivity index is 0.00000264. The summed E-state index contributed by atoms with van der Waals surface area (Å²) in [5.74, 6) is -1.20. The Bertz CT molecular complexity index is 493. The van der Waals surface area contributed by atoms with Gasteiger partial charge in [0.1, 0.15) is 5.82 Å². The second-order valence-corrected chi connectivity index (χ2v) is 5.37. The second kappa shape index (κ2) is 8.82. The lowest BCUT2D eigenvalue weighted by Gasteiger charge is -2.35. The van der Waals surface area contributed by atoms with Crippen molar-refractivity contribution in [3.63, 3.8) is 0 Å². The number of hydrogen-bond acceptors (Lipinski definition) is 3. The lowest BCUT2D eigenvalue weighted by atomic mass is 9.96. The molecule has 2 rings (SSSR count).